The third-order valence-electron chi connectivity index (χ3n) is 5.39. The third-order valence-corrected chi connectivity index (χ3v) is 6.47. The van der Waals surface area contributed by atoms with Gasteiger partial charge >= 0.3 is 11.4 Å². The number of hydrogen-bond donors (Lipinski definition) is 0. The van der Waals surface area contributed by atoms with Gasteiger partial charge in [0.1, 0.15) is 30.0 Å². The molecular weight excluding hydrogens is 581 g/mol. The summed E-state index contributed by atoms with van der Waals surface area (Å²) in [5.41, 5.74) is 1.92. The van der Waals surface area contributed by atoms with Crippen molar-refractivity contribution in [1.82, 2.24) is 0 Å². The smallest absolute Gasteiger partial charge is 0.363 e. The molecule has 1 atom stereocenters. The number of rotatable bonds is 4. The summed E-state index contributed by atoms with van der Waals surface area (Å²) >= 11 is 15.6. The molecule has 36 heavy (non-hydrogen) atoms. The SMILES string of the molecule is CCOC(C)=O.COc1cccc([C@H]2OCC3=NCC(C)=C(C(F)(F)Cl)N3c3ccc(Br)cc32)c1Cl. The molecule has 0 saturated heterocycles. The number of amidine groups is 1. The first kappa shape index (κ1) is 28.4. The number of carbonyl (C=O) groups excluding carboxylic acids is 1. The van der Waals surface area contributed by atoms with Crippen molar-refractivity contribution < 1.29 is 27.8 Å². The van der Waals surface area contributed by atoms with E-state index in [-0.39, 0.29) is 24.8 Å². The van der Waals surface area contributed by atoms with Gasteiger partial charge in [-0.2, -0.15) is 8.78 Å². The maximum atomic E-state index is 14.4. The molecule has 2 heterocycles. The molecule has 0 bridgehead atoms. The molecule has 4 rings (SSSR count). The van der Waals surface area contributed by atoms with Crippen LogP contribution in [0.3, 0.4) is 0 Å². The summed E-state index contributed by atoms with van der Waals surface area (Å²) in [6.07, 6.45) is -0.626. The van der Waals surface area contributed by atoms with Crippen LogP contribution in [0.4, 0.5) is 14.5 Å². The van der Waals surface area contributed by atoms with Gasteiger partial charge in [-0.25, -0.2) is 0 Å². The summed E-state index contributed by atoms with van der Waals surface area (Å²) in [7, 11) is 1.53. The molecule has 2 aliphatic heterocycles. The van der Waals surface area contributed by atoms with E-state index in [2.05, 4.69) is 25.7 Å². The number of fused-ring (bicyclic) bond motifs is 3. The number of carbonyl (C=O) groups is 1. The summed E-state index contributed by atoms with van der Waals surface area (Å²) in [6.45, 7) is 5.39. The van der Waals surface area contributed by atoms with Crippen LogP contribution in [0.1, 0.15) is 38.0 Å². The average Bonchev–Trinajstić information content (AvgIpc) is 2.95. The maximum Gasteiger partial charge on any atom is 0.363 e. The van der Waals surface area contributed by atoms with E-state index >= 15 is 0 Å². The minimum atomic E-state index is -3.57. The van der Waals surface area contributed by atoms with Crippen molar-refractivity contribution in [3.63, 3.8) is 0 Å². The Morgan fingerprint density at radius 2 is 2.03 bits per heavy atom. The highest BCUT2D eigenvalue weighted by atomic mass is 79.9. The predicted molar refractivity (Wildman–Crippen MR) is 141 cm³/mol. The van der Waals surface area contributed by atoms with Gasteiger partial charge in [0.15, 0.2) is 0 Å². The fraction of sp³-hybridized carbons (Fsp3) is 0.360. The number of alkyl halides is 3. The van der Waals surface area contributed by atoms with Crippen LogP contribution in [0.15, 0.2) is 57.1 Å². The van der Waals surface area contributed by atoms with Crippen LogP contribution in [0.5, 0.6) is 5.75 Å². The van der Waals surface area contributed by atoms with E-state index in [1.165, 1.54) is 18.9 Å². The lowest BCUT2D eigenvalue weighted by molar-refractivity contribution is -0.140. The average molecular weight is 606 g/mol. The van der Waals surface area contributed by atoms with Crippen molar-refractivity contribution >= 4 is 56.6 Å². The van der Waals surface area contributed by atoms with Crippen LogP contribution in [0.2, 0.25) is 5.02 Å². The van der Waals surface area contributed by atoms with E-state index in [4.69, 9.17) is 32.7 Å². The molecule has 2 aromatic carbocycles. The molecule has 0 aromatic heterocycles. The van der Waals surface area contributed by atoms with Crippen molar-refractivity contribution in [2.45, 2.75) is 32.3 Å². The van der Waals surface area contributed by atoms with Gasteiger partial charge in [0.05, 0.1) is 31.0 Å². The number of nitrogens with zero attached hydrogens (tertiary/aromatic N) is 2. The number of methoxy groups -OCH3 is 1. The molecule has 2 aromatic rings. The molecule has 0 amide bonds. The Kier molecular flexibility index (Phi) is 9.38. The second kappa shape index (κ2) is 11.9. The summed E-state index contributed by atoms with van der Waals surface area (Å²) in [5, 5.41) is -3.17. The Hall–Kier alpha value is -2.20. The molecule has 0 spiro atoms. The first-order valence-corrected chi connectivity index (χ1v) is 12.5. The zero-order valence-electron chi connectivity index (χ0n) is 20.1. The van der Waals surface area contributed by atoms with Gasteiger partial charge in [0, 0.05) is 22.5 Å². The zero-order valence-corrected chi connectivity index (χ0v) is 23.2. The number of benzene rings is 2. The molecule has 0 aliphatic carbocycles. The third kappa shape index (κ3) is 6.19. The Balaban J connectivity index is 0.000000538. The van der Waals surface area contributed by atoms with E-state index in [0.29, 0.717) is 45.6 Å². The van der Waals surface area contributed by atoms with Crippen LogP contribution in [0, 0.1) is 0 Å². The largest absolute Gasteiger partial charge is 0.495 e. The lowest BCUT2D eigenvalue weighted by atomic mass is 9.98. The Labute approximate surface area is 226 Å². The van der Waals surface area contributed by atoms with Gasteiger partial charge in [-0.15, -0.1) is 0 Å². The van der Waals surface area contributed by atoms with E-state index in [1.807, 2.05) is 12.1 Å². The fourth-order valence-corrected chi connectivity index (χ4v) is 4.88. The highest BCUT2D eigenvalue weighted by Crippen LogP contribution is 2.46. The number of ether oxygens (including phenoxy) is 3. The number of hydrogen-bond acceptors (Lipinski definition) is 6. The summed E-state index contributed by atoms with van der Waals surface area (Å²) in [4.78, 5) is 15.7. The van der Waals surface area contributed by atoms with E-state index < -0.39 is 11.5 Å². The lowest BCUT2D eigenvalue weighted by Gasteiger charge is -2.34. The number of esters is 1. The highest BCUT2D eigenvalue weighted by molar-refractivity contribution is 9.10. The van der Waals surface area contributed by atoms with Gasteiger partial charge in [0.25, 0.3) is 0 Å². The van der Waals surface area contributed by atoms with Crippen molar-refractivity contribution in [1.29, 1.82) is 0 Å². The van der Waals surface area contributed by atoms with E-state index in [1.54, 1.807) is 38.1 Å². The van der Waals surface area contributed by atoms with Crippen LogP contribution in [0.25, 0.3) is 0 Å². The van der Waals surface area contributed by atoms with E-state index in [9.17, 15) is 13.6 Å². The predicted octanol–water partition coefficient (Wildman–Crippen LogP) is 7.12. The molecule has 0 saturated carbocycles. The normalized spacial score (nSPS) is 17.2. The zero-order chi connectivity index (χ0) is 26.6. The topological polar surface area (TPSA) is 60.4 Å². The molecule has 2 aliphatic rings. The van der Waals surface area contributed by atoms with Gasteiger partial charge in [-0.05, 0) is 55.3 Å². The quantitative estimate of drug-likeness (QED) is 0.274. The fourth-order valence-electron chi connectivity index (χ4n) is 3.95. The molecule has 0 unspecified atom stereocenters. The van der Waals surface area contributed by atoms with Gasteiger partial charge in [0.2, 0.25) is 0 Å². The van der Waals surface area contributed by atoms with E-state index in [0.717, 1.165) is 4.47 Å². The maximum absolute atomic E-state index is 14.4. The van der Waals surface area contributed by atoms with Crippen molar-refractivity contribution in [3.8, 4) is 5.75 Å². The summed E-state index contributed by atoms with van der Waals surface area (Å²) < 4.78 is 45.6. The Morgan fingerprint density at radius 1 is 1.31 bits per heavy atom. The van der Waals surface area contributed by atoms with Crippen LogP contribution in [-0.4, -0.2) is 44.1 Å². The standard InChI is InChI=1S/C21H17BrCl2F2N2O2.C4H8O2/c1-11-9-27-17-10-30-19(13-4-3-5-16(29-2)18(13)23)14-8-12(22)6-7-15(14)28(17)20(11)21(24,25)26;1-3-6-4(2)5/h3-8,19H,9-10H2,1-2H3;3H2,1-2H3/t19-;/m1./s1. The summed E-state index contributed by atoms with van der Waals surface area (Å²) in [6, 6.07) is 10.7. The van der Waals surface area contributed by atoms with Crippen LogP contribution < -0.4 is 9.64 Å². The first-order valence-electron chi connectivity index (χ1n) is 11.0. The second-order valence-electron chi connectivity index (χ2n) is 7.88. The lowest BCUT2D eigenvalue weighted by Crippen LogP contribution is -2.41. The molecule has 0 N–H and O–H groups in total. The van der Waals surface area contributed by atoms with Crippen molar-refractivity contribution in [2.75, 3.05) is 31.8 Å². The Morgan fingerprint density at radius 3 is 2.61 bits per heavy atom. The highest BCUT2D eigenvalue weighted by Gasteiger charge is 2.43. The number of anilines is 1. The van der Waals surface area contributed by atoms with Crippen LogP contribution in [-0.2, 0) is 14.3 Å². The molecule has 11 heteroatoms. The minimum absolute atomic E-state index is 0.00819. The monoisotopic (exact) mass is 604 g/mol. The van der Waals surface area contributed by atoms with Gasteiger partial charge in [-0.1, -0.05) is 39.7 Å². The van der Waals surface area contributed by atoms with Gasteiger partial charge in [-0.3, -0.25) is 14.7 Å². The summed E-state index contributed by atoms with van der Waals surface area (Å²) in [5.74, 6) is 0.649. The molecule has 6 nitrogen and oxygen atoms in total. The van der Waals surface area contributed by atoms with Gasteiger partial charge < -0.3 is 14.2 Å². The molecule has 194 valence electrons. The first-order chi connectivity index (χ1) is 17.0. The number of allylic oxidation sites excluding steroid dienone is 1. The number of halogens is 5. The van der Waals surface area contributed by atoms with Crippen molar-refractivity contribution in [2.24, 2.45) is 4.99 Å². The molecule has 0 radical (unpaired) electrons. The minimum Gasteiger partial charge on any atom is -0.495 e. The molecular formula is C25H25BrCl2F2N2O4. The Bertz CT molecular complexity index is 1200. The van der Waals surface area contributed by atoms with Crippen molar-refractivity contribution in [3.05, 3.63) is 68.3 Å². The molecule has 0 fully saturated rings. The number of aliphatic imine (C=N–C) groups is 1. The van der Waals surface area contributed by atoms with Crippen LogP contribution >= 0.6 is 39.1 Å². The second-order valence-corrected chi connectivity index (χ2v) is 9.65.